The van der Waals surface area contributed by atoms with Crippen molar-refractivity contribution in [3.05, 3.63) is 0 Å². The third-order valence-electron chi connectivity index (χ3n) is 1.35. The van der Waals surface area contributed by atoms with E-state index in [1.54, 1.807) is 0 Å². The lowest BCUT2D eigenvalue weighted by Gasteiger charge is -2.24. The van der Waals surface area contributed by atoms with Gasteiger partial charge in [-0.3, -0.25) is 4.21 Å². The van der Waals surface area contributed by atoms with Crippen LogP contribution in [0.5, 0.6) is 0 Å². The van der Waals surface area contributed by atoms with Gasteiger partial charge >= 0.3 is 17.7 Å². The Bertz CT molecular complexity index is 136. The largest absolute Gasteiger partial charge is 0.685 e. The summed E-state index contributed by atoms with van der Waals surface area (Å²) in [5.74, 6) is 0. The van der Waals surface area contributed by atoms with Gasteiger partial charge in [0, 0.05) is 21.3 Å². The van der Waals surface area contributed by atoms with Crippen LogP contribution in [0, 0.1) is 0 Å². The SMILES string of the molecule is CCCOP(O)O[Si](OC)(OC)OC. The van der Waals surface area contributed by atoms with Gasteiger partial charge in [0.05, 0.1) is 6.61 Å². The van der Waals surface area contributed by atoms with Crippen LogP contribution in [0.3, 0.4) is 0 Å². The molecule has 0 fully saturated rings. The quantitative estimate of drug-likeness (QED) is 0.508. The van der Waals surface area contributed by atoms with Crippen molar-refractivity contribution in [2.75, 3.05) is 27.9 Å². The van der Waals surface area contributed by atoms with Gasteiger partial charge in [-0.05, 0) is 6.42 Å². The Balaban J connectivity index is 4.01. The molecule has 0 aromatic rings. The van der Waals surface area contributed by atoms with Crippen molar-refractivity contribution in [3.8, 4) is 0 Å². The Labute approximate surface area is 86.6 Å². The lowest BCUT2D eigenvalue weighted by Crippen LogP contribution is -2.45. The van der Waals surface area contributed by atoms with Gasteiger partial charge in [-0.25, -0.2) is 0 Å². The van der Waals surface area contributed by atoms with Gasteiger partial charge in [-0.1, -0.05) is 6.92 Å². The van der Waals surface area contributed by atoms with Crippen LogP contribution in [-0.4, -0.2) is 41.9 Å². The highest BCUT2D eigenvalue weighted by atomic mass is 31.2. The first-order chi connectivity index (χ1) is 6.64. The first-order valence-corrected chi connectivity index (χ1v) is 6.87. The molecule has 0 aliphatic heterocycles. The molecule has 0 bridgehead atoms. The van der Waals surface area contributed by atoms with Gasteiger partial charge in [0.1, 0.15) is 0 Å². The molecule has 14 heavy (non-hydrogen) atoms. The Morgan fingerprint density at radius 2 is 1.64 bits per heavy atom. The van der Waals surface area contributed by atoms with Crippen LogP contribution in [-0.2, 0) is 22.0 Å². The second-order valence-electron chi connectivity index (χ2n) is 2.27. The molecule has 0 aromatic heterocycles. The Morgan fingerprint density at radius 3 is 2.00 bits per heavy atom. The molecule has 6 nitrogen and oxygen atoms in total. The minimum Gasteiger partial charge on any atom is -0.354 e. The molecule has 0 radical (unpaired) electrons. The van der Waals surface area contributed by atoms with Crippen molar-refractivity contribution in [1.29, 1.82) is 0 Å². The summed E-state index contributed by atoms with van der Waals surface area (Å²) in [6, 6.07) is 0. The normalized spacial score (nSPS) is 14.4. The molecule has 0 aromatic carbocycles. The van der Waals surface area contributed by atoms with Gasteiger partial charge in [0.15, 0.2) is 0 Å². The maximum atomic E-state index is 9.32. The summed E-state index contributed by atoms with van der Waals surface area (Å²) in [5.41, 5.74) is 0. The molecular weight excluding hydrogens is 227 g/mol. The fraction of sp³-hybridized carbons (Fsp3) is 1.00. The maximum Gasteiger partial charge on any atom is 0.685 e. The zero-order valence-electron chi connectivity index (χ0n) is 8.85. The van der Waals surface area contributed by atoms with E-state index in [2.05, 4.69) is 0 Å². The van der Waals surface area contributed by atoms with E-state index in [1.807, 2.05) is 6.92 Å². The van der Waals surface area contributed by atoms with Crippen LogP contribution < -0.4 is 0 Å². The number of rotatable bonds is 8. The highest BCUT2D eigenvalue weighted by Gasteiger charge is 2.45. The van der Waals surface area contributed by atoms with Crippen LogP contribution in [0.15, 0.2) is 0 Å². The van der Waals surface area contributed by atoms with Crippen LogP contribution in [0.25, 0.3) is 0 Å². The summed E-state index contributed by atoms with van der Waals surface area (Å²) in [7, 11) is -1.01. The predicted molar refractivity (Wildman–Crippen MR) is 53.2 cm³/mol. The van der Waals surface area contributed by atoms with Crippen molar-refractivity contribution in [2.45, 2.75) is 13.3 Å². The standard InChI is InChI=1S/C6H17O6PSi/c1-5-6-11-13(7)12-14(8-2,9-3)10-4/h7H,5-6H2,1-4H3. The molecule has 1 atom stereocenters. The van der Waals surface area contributed by atoms with Gasteiger partial charge in [0.25, 0.3) is 0 Å². The van der Waals surface area contributed by atoms with Gasteiger partial charge in [-0.15, -0.1) is 0 Å². The Kier molecular flexibility index (Phi) is 7.89. The smallest absolute Gasteiger partial charge is 0.354 e. The van der Waals surface area contributed by atoms with Crippen LogP contribution in [0.2, 0.25) is 0 Å². The summed E-state index contributed by atoms with van der Waals surface area (Å²) in [6.07, 6.45) is 0.796. The van der Waals surface area contributed by atoms with Crippen molar-refractivity contribution in [3.63, 3.8) is 0 Å². The molecule has 1 unspecified atom stereocenters. The number of hydrogen-bond acceptors (Lipinski definition) is 6. The molecule has 1 N–H and O–H groups in total. The monoisotopic (exact) mass is 244 g/mol. The molecule has 0 amide bonds. The minimum atomic E-state index is -3.18. The lowest BCUT2D eigenvalue weighted by atomic mass is 10.5. The van der Waals surface area contributed by atoms with Crippen LogP contribution in [0.4, 0.5) is 0 Å². The average molecular weight is 244 g/mol. The molecule has 0 heterocycles. The van der Waals surface area contributed by atoms with Gasteiger partial charge in [0.2, 0.25) is 0 Å². The van der Waals surface area contributed by atoms with Crippen LogP contribution in [0.1, 0.15) is 13.3 Å². The van der Waals surface area contributed by atoms with E-state index < -0.39 is 17.7 Å². The third-order valence-corrected chi connectivity index (χ3v) is 4.77. The van der Waals surface area contributed by atoms with Crippen molar-refractivity contribution < 1.29 is 26.9 Å². The maximum absolute atomic E-state index is 9.32. The highest BCUT2D eigenvalue weighted by Crippen LogP contribution is 2.37. The van der Waals surface area contributed by atoms with Crippen LogP contribution >= 0.6 is 8.60 Å². The van der Waals surface area contributed by atoms with E-state index in [1.165, 1.54) is 21.3 Å². The van der Waals surface area contributed by atoms with E-state index in [0.29, 0.717) is 6.61 Å². The van der Waals surface area contributed by atoms with Crippen molar-refractivity contribution >= 4 is 17.7 Å². The number of hydrogen-bond donors (Lipinski definition) is 1. The summed E-state index contributed by atoms with van der Waals surface area (Å²) in [4.78, 5) is 9.32. The fourth-order valence-electron chi connectivity index (χ4n) is 0.653. The topological polar surface area (TPSA) is 66.4 Å². The van der Waals surface area contributed by atoms with E-state index >= 15 is 0 Å². The van der Waals surface area contributed by atoms with Gasteiger partial charge < -0.3 is 22.7 Å². The minimum absolute atomic E-state index is 0.420. The summed E-state index contributed by atoms with van der Waals surface area (Å²) in [5, 5.41) is 0. The zero-order chi connectivity index (χ0) is 11.0. The van der Waals surface area contributed by atoms with E-state index in [0.717, 1.165) is 6.42 Å². The molecule has 0 spiro atoms. The molecule has 86 valence electrons. The second-order valence-corrected chi connectivity index (χ2v) is 5.96. The highest BCUT2D eigenvalue weighted by molar-refractivity contribution is 7.42. The molecule has 0 saturated heterocycles. The zero-order valence-corrected chi connectivity index (χ0v) is 10.7. The van der Waals surface area contributed by atoms with E-state index in [-0.39, 0.29) is 0 Å². The Hall–Kier alpha value is 0.407. The summed E-state index contributed by atoms with van der Waals surface area (Å²) >= 11 is 0. The third kappa shape index (κ3) is 4.76. The first-order valence-electron chi connectivity index (χ1n) is 4.10. The molecule has 0 aliphatic rings. The fourth-order valence-corrected chi connectivity index (χ4v) is 3.36. The summed E-state index contributed by atoms with van der Waals surface area (Å²) < 4.78 is 24.8. The van der Waals surface area contributed by atoms with Crippen molar-refractivity contribution in [1.82, 2.24) is 0 Å². The lowest BCUT2D eigenvalue weighted by molar-refractivity contribution is 0.0431. The first kappa shape index (κ1) is 14.4. The molecule has 0 aliphatic carbocycles. The molecule has 0 rings (SSSR count). The van der Waals surface area contributed by atoms with Crippen molar-refractivity contribution in [2.24, 2.45) is 0 Å². The molecule has 8 heteroatoms. The van der Waals surface area contributed by atoms with Gasteiger partial charge in [-0.2, -0.15) is 0 Å². The average Bonchev–Trinajstić information content (AvgIpc) is 2.23. The second kappa shape index (κ2) is 7.67. The van der Waals surface area contributed by atoms with E-state index in [4.69, 9.17) is 22.0 Å². The summed E-state index contributed by atoms with van der Waals surface area (Å²) in [6.45, 7) is 2.35. The van der Waals surface area contributed by atoms with E-state index in [9.17, 15) is 4.89 Å². The molecule has 0 saturated carbocycles. The predicted octanol–water partition coefficient (Wildman–Crippen LogP) is 1.02. The Morgan fingerprint density at radius 1 is 1.14 bits per heavy atom. The molecular formula is C6H17O6PSi.